The number of nitrogens with two attached hydrogens (primary N) is 1. The lowest BCUT2D eigenvalue weighted by molar-refractivity contribution is 0.388. The van der Waals surface area contributed by atoms with Crippen molar-refractivity contribution >= 4 is 0 Å². The normalized spacial score (nSPS) is 12.8. The quantitative estimate of drug-likeness (QED) is 0.549. The lowest BCUT2D eigenvalue weighted by atomic mass is 10.1. The molecule has 1 aromatic rings. The van der Waals surface area contributed by atoms with E-state index < -0.39 is 0 Å². The van der Waals surface area contributed by atoms with Gasteiger partial charge in [0.2, 0.25) is 0 Å². The van der Waals surface area contributed by atoms with Gasteiger partial charge in [-0.2, -0.15) is 5.10 Å². The van der Waals surface area contributed by atoms with Crippen molar-refractivity contribution in [2.75, 3.05) is 7.11 Å². The van der Waals surface area contributed by atoms with Gasteiger partial charge in [-0.25, -0.2) is 0 Å². The van der Waals surface area contributed by atoms with Crippen LogP contribution in [0.5, 0.6) is 5.75 Å². The van der Waals surface area contributed by atoms with Crippen LogP contribution >= 0.6 is 0 Å². The summed E-state index contributed by atoms with van der Waals surface area (Å²) in [6.45, 7) is 5.08. The van der Waals surface area contributed by atoms with Crippen molar-refractivity contribution in [1.29, 1.82) is 0 Å². The van der Waals surface area contributed by atoms with Crippen LogP contribution in [-0.4, -0.2) is 16.9 Å². The molecule has 15 heavy (non-hydrogen) atoms. The first kappa shape index (κ1) is 12.0. The third-order valence-electron chi connectivity index (χ3n) is 2.44. The van der Waals surface area contributed by atoms with Gasteiger partial charge in [-0.15, -0.1) is 0 Å². The van der Waals surface area contributed by atoms with Crippen LogP contribution in [0.15, 0.2) is 6.20 Å². The number of rotatable bonds is 6. The Labute approximate surface area is 90.6 Å². The van der Waals surface area contributed by atoms with E-state index in [1.165, 1.54) is 0 Å². The minimum atomic E-state index is 0.0917. The highest BCUT2D eigenvalue weighted by atomic mass is 16.5. The minimum absolute atomic E-state index is 0.0917. The molecule has 3 N–H and O–H groups in total. The van der Waals surface area contributed by atoms with Gasteiger partial charge in [0, 0.05) is 6.54 Å². The third-order valence-corrected chi connectivity index (χ3v) is 2.44. The maximum Gasteiger partial charge on any atom is 0.161 e. The first-order chi connectivity index (χ1) is 7.28. The van der Waals surface area contributed by atoms with Gasteiger partial charge in [0.15, 0.2) is 5.75 Å². The highest BCUT2D eigenvalue weighted by Crippen LogP contribution is 2.26. The number of nitrogens with zero attached hydrogens (tertiary/aromatic N) is 2. The van der Waals surface area contributed by atoms with E-state index in [1.54, 1.807) is 13.3 Å². The summed E-state index contributed by atoms with van der Waals surface area (Å²) in [6.07, 6.45) is 3.69. The van der Waals surface area contributed by atoms with Gasteiger partial charge in [-0.05, 0) is 12.8 Å². The van der Waals surface area contributed by atoms with Gasteiger partial charge >= 0.3 is 0 Å². The number of ether oxygens (including phenoxy) is 1. The average Bonchev–Trinajstić information content (AvgIpc) is 2.64. The summed E-state index contributed by atoms with van der Waals surface area (Å²) in [5.74, 6) is 6.32. The van der Waals surface area contributed by atoms with Crippen LogP contribution in [0.25, 0.3) is 0 Å². The zero-order valence-corrected chi connectivity index (χ0v) is 9.66. The number of methoxy groups -OCH3 is 1. The molecule has 1 aromatic heterocycles. The monoisotopic (exact) mass is 212 g/mol. The van der Waals surface area contributed by atoms with Crippen molar-refractivity contribution in [3.05, 3.63) is 11.9 Å². The minimum Gasteiger partial charge on any atom is -0.493 e. The van der Waals surface area contributed by atoms with Crippen molar-refractivity contribution in [1.82, 2.24) is 15.2 Å². The molecule has 0 aliphatic heterocycles. The molecule has 1 heterocycles. The zero-order chi connectivity index (χ0) is 11.3. The molecule has 5 nitrogen and oxygen atoms in total. The zero-order valence-electron chi connectivity index (χ0n) is 9.66. The Morgan fingerprint density at radius 3 is 2.80 bits per heavy atom. The lowest BCUT2D eigenvalue weighted by Crippen LogP contribution is -2.29. The second-order valence-corrected chi connectivity index (χ2v) is 3.45. The number of nitrogens with one attached hydrogen (secondary N) is 1. The Hall–Kier alpha value is -1.07. The SMILES string of the molecule is CCCn1ncc(OC)c1C(CC)NN. The average molecular weight is 212 g/mol. The summed E-state index contributed by atoms with van der Waals surface area (Å²) < 4.78 is 7.23. The fraction of sp³-hybridized carbons (Fsp3) is 0.700. The Morgan fingerprint density at radius 1 is 1.60 bits per heavy atom. The summed E-state index contributed by atoms with van der Waals surface area (Å²) in [6, 6.07) is 0.0917. The molecule has 0 aliphatic carbocycles. The van der Waals surface area contributed by atoms with E-state index >= 15 is 0 Å². The van der Waals surface area contributed by atoms with Crippen LogP contribution in [0.2, 0.25) is 0 Å². The standard InChI is InChI=1S/C10H20N4O/c1-4-6-14-10(8(5-2)13-11)9(15-3)7-12-14/h7-8,13H,4-6,11H2,1-3H3. The molecular formula is C10H20N4O. The summed E-state index contributed by atoms with van der Waals surface area (Å²) in [4.78, 5) is 0. The first-order valence-electron chi connectivity index (χ1n) is 5.34. The first-order valence-corrected chi connectivity index (χ1v) is 5.34. The van der Waals surface area contributed by atoms with Gasteiger partial charge in [0.05, 0.1) is 25.0 Å². The van der Waals surface area contributed by atoms with Gasteiger partial charge in [0.25, 0.3) is 0 Å². The van der Waals surface area contributed by atoms with E-state index in [0.717, 1.165) is 30.8 Å². The number of aromatic nitrogens is 2. The predicted octanol–water partition coefficient (Wildman–Crippen LogP) is 1.22. The third kappa shape index (κ3) is 2.49. The topological polar surface area (TPSA) is 65.1 Å². The molecule has 1 rings (SSSR count). The highest BCUT2D eigenvalue weighted by molar-refractivity contribution is 5.28. The highest BCUT2D eigenvalue weighted by Gasteiger charge is 2.18. The summed E-state index contributed by atoms with van der Waals surface area (Å²) in [7, 11) is 1.65. The van der Waals surface area contributed by atoms with E-state index in [4.69, 9.17) is 10.6 Å². The Balaban J connectivity index is 3.02. The molecule has 1 atom stereocenters. The molecule has 0 aliphatic rings. The fourth-order valence-electron chi connectivity index (χ4n) is 1.67. The molecule has 0 spiro atoms. The van der Waals surface area contributed by atoms with Crippen molar-refractivity contribution in [2.45, 2.75) is 39.3 Å². The van der Waals surface area contributed by atoms with E-state index in [1.807, 2.05) is 4.68 Å². The second-order valence-electron chi connectivity index (χ2n) is 3.45. The summed E-state index contributed by atoms with van der Waals surface area (Å²) >= 11 is 0. The molecule has 0 bridgehead atoms. The molecule has 5 heteroatoms. The number of hydrogen-bond acceptors (Lipinski definition) is 4. The number of hydrazine groups is 1. The van der Waals surface area contributed by atoms with Crippen LogP contribution in [0.4, 0.5) is 0 Å². The van der Waals surface area contributed by atoms with Gasteiger partial charge < -0.3 is 4.74 Å². The molecule has 0 saturated carbocycles. The molecule has 0 fully saturated rings. The molecule has 86 valence electrons. The smallest absolute Gasteiger partial charge is 0.161 e. The number of hydrogen-bond donors (Lipinski definition) is 2. The largest absolute Gasteiger partial charge is 0.493 e. The van der Waals surface area contributed by atoms with Gasteiger partial charge in [0.1, 0.15) is 0 Å². The molecule has 0 aromatic carbocycles. The lowest BCUT2D eigenvalue weighted by Gasteiger charge is -2.17. The molecule has 0 radical (unpaired) electrons. The summed E-state index contributed by atoms with van der Waals surface area (Å²) in [5, 5.41) is 4.29. The van der Waals surface area contributed by atoms with Gasteiger partial charge in [-0.3, -0.25) is 16.0 Å². The van der Waals surface area contributed by atoms with E-state index in [-0.39, 0.29) is 6.04 Å². The van der Waals surface area contributed by atoms with Crippen LogP contribution in [0.3, 0.4) is 0 Å². The van der Waals surface area contributed by atoms with Crippen LogP contribution in [0.1, 0.15) is 38.4 Å². The van der Waals surface area contributed by atoms with Crippen LogP contribution < -0.4 is 16.0 Å². The van der Waals surface area contributed by atoms with E-state index in [2.05, 4.69) is 24.4 Å². The summed E-state index contributed by atoms with van der Waals surface area (Å²) in [5.41, 5.74) is 3.82. The van der Waals surface area contributed by atoms with Crippen molar-refractivity contribution in [3.63, 3.8) is 0 Å². The predicted molar refractivity (Wildman–Crippen MR) is 59.4 cm³/mol. The van der Waals surface area contributed by atoms with Crippen molar-refractivity contribution < 1.29 is 4.74 Å². The van der Waals surface area contributed by atoms with Crippen LogP contribution in [-0.2, 0) is 6.54 Å². The van der Waals surface area contributed by atoms with Gasteiger partial charge in [-0.1, -0.05) is 13.8 Å². The maximum absolute atomic E-state index is 5.52. The number of aryl methyl sites for hydroxylation is 1. The Morgan fingerprint density at radius 2 is 2.33 bits per heavy atom. The Bertz CT molecular complexity index is 294. The van der Waals surface area contributed by atoms with Crippen molar-refractivity contribution in [3.8, 4) is 5.75 Å². The van der Waals surface area contributed by atoms with E-state index in [0.29, 0.717) is 0 Å². The Kier molecular flexibility index (Phi) is 4.58. The van der Waals surface area contributed by atoms with Crippen LogP contribution in [0, 0.1) is 0 Å². The van der Waals surface area contributed by atoms with Crippen molar-refractivity contribution in [2.24, 2.45) is 5.84 Å². The van der Waals surface area contributed by atoms with E-state index in [9.17, 15) is 0 Å². The molecular weight excluding hydrogens is 192 g/mol. The fourth-order valence-corrected chi connectivity index (χ4v) is 1.67. The molecule has 0 saturated heterocycles. The molecule has 1 unspecified atom stereocenters. The molecule has 0 amide bonds. The second kappa shape index (κ2) is 5.72. The maximum atomic E-state index is 5.52.